The molecule has 1 aromatic rings. The Morgan fingerprint density at radius 3 is 1.93 bits per heavy atom. The van der Waals surface area contributed by atoms with E-state index in [1.54, 1.807) is 12.1 Å². The van der Waals surface area contributed by atoms with Crippen molar-refractivity contribution in [2.45, 2.75) is 11.1 Å². The zero-order chi connectivity index (χ0) is 11.7. The molecule has 0 radical (unpaired) electrons. The predicted molar refractivity (Wildman–Crippen MR) is 67.9 cm³/mol. The van der Waals surface area contributed by atoms with Crippen LogP contribution >= 0.6 is 17.9 Å². The van der Waals surface area contributed by atoms with Crippen LogP contribution in [0.15, 0.2) is 29.2 Å². The van der Waals surface area contributed by atoms with E-state index in [0.29, 0.717) is 0 Å². The summed E-state index contributed by atoms with van der Waals surface area (Å²) in [4.78, 5) is 0.167. The molecule has 0 aliphatic heterocycles. The lowest BCUT2D eigenvalue weighted by Gasteiger charge is -2.11. The summed E-state index contributed by atoms with van der Waals surface area (Å²) in [7, 11) is 0.765. The lowest BCUT2D eigenvalue weighted by molar-refractivity contribution is 0.609. The lowest BCUT2D eigenvalue weighted by atomic mass is 10.2. The number of hydrogen-bond acceptors (Lipinski definition) is 2. The van der Waals surface area contributed by atoms with Gasteiger partial charge in [0.25, 0.3) is 9.05 Å². The van der Waals surface area contributed by atoms with Crippen molar-refractivity contribution in [1.82, 2.24) is 0 Å². The van der Waals surface area contributed by atoms with Crippen molar-refractivity contribution >= 4 is 27.0 Å². The lowest BCUT2D eigenvalue weighted by Crippen LogP contribution is -1.94. The zero-order valence-corrected chi connectivity index (χ0v) is 11.5. The third-order valence-electron chi connectivity index (χ3n) is 1.86. The molecule has 0 aliphatic rings. The second-order valence-corrected chi connectivity index (χ2v) is 12.0. The maximum Gasteiger partial charge on any atom is 0.261 e. The molecule has 15 heavy (non-hydrogen) atoms. The van der Waals surface area contributed by atoms with E-state index in [4.69, 9.17) is 10.7 Å². The minimum atomic E-state index is -3.58. The number of rotatable bonds is 3. The summed E-state index contributed by atoms with van der Waals surface area (Å²) < 4.78 is 22.0. The van der Waals surface area contributed by atoms with Gasteiger partial charge in [-0.1, -0.05) is 12.1 Å². The molecule has 0 aromatic heterocycles. The second-order valence-electron chi connectivity index (χ2n) is 4.53. The molecule has 0 spiro atoms. The van der Waals surface area contributed by atoms with E-state index in [0.717, 1.165) is 6.16 Å². The van der Waals surface area contributed by atoms with Gasteiger partial charge in [-0.15, -0.1) is 0 Å². The molecule has 0 saturated carbocycles. The first-order valence-corrected chi connectivity index (χ1v) is 10.1. The van der Waals surface area contributed by atoms with Gasteiger partial charge in [0.1, 0.15) is 0 Å². The molecule has 0 N–H and O–H groups in total. The number of benzene rings is 1. The quantitative estimate of drug-likeness (QED) is 0.622. The number of hydrogen-bond donors (Lipinski definition) is 0. The van der Waals surface area contributed by atoms with Crippen LogP contribution in [0.4, 0.5) is 0 Å². The zero-order valence-electron chi connectivity index (χ0n) is 9.07. The standard InChI is InChI=1S/C10H15ClO2PS/c1-14(2,3)8-9-4-6-10(7-5-9)15(11,12)13/h4-7H,8H2,1-3H3/q+1. The molecule has 0 heterocycles. The average Bonchev–Trinajstić information content (AvgIpc) is 2.00. The molecule has 5 heteroatoms. The van der Waals surface area contributed by atoms with Crippen molar-refractivity contribution in [3.05, 3.63) is 29.8 Å². The third kappa shape index (κ3) is 4.50. The summed E-state index contributed by atoms with van der Waals surface area (Å²) in [5, 5.41) is 0. The van der Waals surface area contributed by atoms with E-state index < -0.39 is 16.3 Å². The van der Waals surface area contributed by atoms with Crippen LogP contribution in [0.5, 0.6) is 0 Å². The molecule has 0 fully saturated rings. The average molecular weight is 266 g/mol. The summed E-state index contributed by atoms with van der Waals surface area (Å²) in [5.41, 5.74) is 1.17. The van der Waals surface area contributed by atoms with E-state index in [1.165, 1.54) is 5.56 Å². The van der Waals surface area contributed by atoms with Gasteiger partial charge in [-0.2, -0.15) is 0 Å². The van der Waals surface area contributed by atoms with Crippen molar-refractivity contribution in [3.63, 3.8) is 0 Å². The van der Waals surface area contributed by atoms with Gasteiger partial charge in [-0.3, -0.25) is 0 Å². The summed E-state index contributed by atoms with van der Waals surface area (Å²) in [5.74, 6) is 0. The van der Waals surface area contributed by atoms with Crippen LogP contribution in [0, 0.1) is 0 Å². The van der Waals surface area contributed by atoms with Crippen LogP contribution in [-0.2, 0) is 15.2 Å². The van der Waals surface area contributed by atoms with Gasteiger partial charge in [-0.25, -0.2) is 8.42 Å². The molecule has 1 rings (SSSR count). The van der Waals surface area contributed by atoms with Gasteiger partial charge in [0.15, 0.2) is 0 Å². The molecule has 0 unspecified atom stereocenters. The maximum absolute atomic E-state index is 11.0. The Kier molecular flexibility index (Phi) is 3.80. The third-order valence-corrected chi connectivity index (χ3v) is 4.55. The molecule has 1 aromatic carbocycles. The Labute approximate surface area is 96.4 Å². The van der Waals surface area contributed by atoms with E-state index in [9.17, 15) is 8.42 Å². The highest BCUT2D eigenvalue weighted by Crippen LogP contribution is 2.49. The van der Waals surface area contributed by atoms with Gasteiger partial charge < -0.3 is 0 Å². The van der Waals surface area contributed by atoms with Crippen LogP contribution in [0.1, 0.15) is 5.56 Å². The first kappa shape index (κ1) is 13.0. The predicted octanol–water partition coefficient (Wildman–Crippen LogP) is 3.02. The monoisotopic (exact) mass is 265 g/mol. The first-order chi connectivity index (χ1) is 6.68. The Hall–Kier alpha value is -0.110. The molecule has 0 bridgehead atoms. The van der Waals surface area contributed by atoms with Gasteiger partial charge in [0.05, 0.1) is 11.1 Å². The Morgan fingerprint density at radius 2 is 1.60 bits per heavy atom. The van der Waals surface area contributed by atoms with E-state index in [1.807, 2.05) is 12.1 Å². The van der Waals surface area contributed by atoms with E-state index in [2.05, 4.69) is 20.0 Å². The van der Waals surface area contributed by atoms with E-state index >= 15 is 0 Å². The number of halogens is 1. The Balaban J connectivity index is 2.92. The van der Waals surface area contributed by atoms with Crippen LogP contribution < -0.4 is 0 Å². The molecular weight excluding hydrogens is 251 g/mol. The smallest absolute Gasteiger partial charge is 0.207 e. The van der Waals surface area contributed by atoms with Crippen molar-refractivity contribution in [2.24, 2.45) is 0 Å². The van der Waals surface area contributed by atoms with Gasteiger partial charge >= 0.3 is 0 Å². The topological polar surface area (TPSA) is 34.1 Å². The largest absolute Gasteiger partial charge is 0.261 e. The molecule has 0 saturated heterocycles. The fourth-order valence-corrected chi connectivity index (χ4v) is 3.38. The fraction of sp³-hybridized carbons (Fsp3) is 0.400. The summed E-state index contributed by atoms with van der Waals surface area (Å²) >= 11 is 0. The maximum atomic E-state index is 11.0. The molecular formula is C10H15ClO2PS+. The van der Waals surface area contributed by atoms with Crippen LogP contribution in [0.2, 0.25) is 0 Å². The summed E-state index contributed by atoms with van der Waals surface area (Å²) in [6.45, 7) is 6.75. The Bertz CT molecular complexity index is 431. The van der Waals surface area contributed by atoms with Gasteiger partial charge in [0, 0.05) is 37.9 Å². The summed E-state index contributed by atoms with van der Waals surface area (Å²) in [6, 6.07) is 6.79. The van der Waals surface area contributed by atoms with Gasteiger partial charge in [-0.05, 0) is 17.7 Å². The minimum Gasteiger partial charge on any atom is -0.207 e. The van der Waals surface area contributed by atoms with Crippen LogP contribution in [-0.4, -0.2) is 28.4 Å². The fourth-order valence-electron chi connectivity index (χ4n) is 1.31. The van der Waals surface area contributed by atoms with E-state index in [-0.39, 0.29) is 4.90 Å². The second kappa shape index (κ2) is 4.40. The molecule has 2 nitrogen and oxygen atoms in total. The van der Waals surface area contributed by atoms with Crippen molar-refractivity contribution in [3.8, 4) is 0 Å². The highest BCUT2D eigenvalue weighted by molar-refractivity contribution is 8.13. The van der Waals surface area contributed by atoms with Crippen molar-refractivity contribution in [1.29, 1.82) is 0 Å². The van der Waals surface area contributed by atoms with Crippen LogP contribution in [0.25, 0.3) is 0 Å². The summed E-state index contributed by atoms with van der Waals surface area (Å²) in [6.07, 6.45) is 1.02. The SMILES string of the molecule is C[P+](C)(C)Cc1ccc(S(=O)(=O)Cl)cc1. The molecule has 0 atom stereocenters. The molecule has 84 valence electrons. The highest BCUT2D eigenvalue weighted by Gasteiger charge is 2.18. The molecule has 0 amide bonds. The Morgan fingerprint density at radius 1 is 1.13 bits per heavy atom. The van der Waals surface area contributed by atoms with Gasteiger partial charge in [0.2, 0.25) is 0 Å². The highest BCUT2D eigenvalue weighted by atomic mass is 35.7. The van der Waals surface area contributed by atoms with Crippen molar-refractivity contribution in [2.75, 3.05) is 20.0 Å². The minimum absolute atomic E-state index is 0.167. The first-order valence-electron chi connectivity index (χ1n) is 4.52. The normalized spacial score (nSPS) is 12.8. The molecule has 0 aliphatic carbocycles. The van der Waals surface area contributed by atoms with Crippen molar-refractivity contribution < 1.29 is 8.42 Å². The van der Waals surface area contributed by atoms with Crippen LogP contribution in [0.3, 0.4) is 0 Å².